The van der Waals surface area contributed by atoms with E-state index in [0.717, 1.165) is 5.01 Å². The molecule has 0 bridgehead atoms. The fourth-order valence-corrected chi connectivity index (χ4v) is 3.79. The summed E-state index contributed by atoms with van der Waals surface area (Å²) in [5.41, 5.74) is 2.02. The highest BCUT2D eigenvalue weighted by Crippen LogP contribution is 2.36. The number of benzene rings is 3. The highest BCUT2D eigenvalue weighted by Gasteiger charge is 2.29. The molecule has 0 aliphatic carbocycles. The Hall–Kier alpha value is -4.82. The molecule has 4 aromatic rings. The van der Waals surface area contributed by atoms with Crippen molar-refractivity contribution in [2.75, 3.05) is 22.4 Å². The number of hydrazine groups is 1. The van der Waals surface area contributed by atoms with E-state index in [4.69, 9.17) is 10.00 Å². The normalized spacial score (nSPS) is 10.1. The first-order valence-corrected chi connectivity index (χ1v) is 11.3. The first-order chi connectivity index (χ1) is 17.5. The smallest absolute Gasteiger partial charge is 0.404 e. The van der Waals surface area contributed by atoms with Crippen molar-refractivity contribution in [1.29, 1.82) is 5.26 Å². The fraction of sp³-hybridized carbons (Fsp3) is 0.0400. The average molecular weight is 544 g/mol. The number of para-hydroxylation sites is 1. The standard InChI is InChI=1S/C25H18BrN7O3/c1-36-20-6-4-5-19(15-20)32(33(25(34)31-35)22-8-3-2-7-21(22)26)23-13-14-28-24(30-23)29-18-11-9-17(16-27)10-12-18/h2-15H,1H3,(H,28,29,30). The lowest BCUT2D eigenvalue weighted by atomic mass is 10.2. The van der Waals surface area contributed by atoms with E-state index in [-0.39, 0.29) is 11.8 Å². The van der Waals surface area contributed by atoms with E-state index in [1.807, 2.05) is 0 Å². The van der Waals surface area contributed by atoms with Gasteiger partial charge in [-0.05, 0) is 64.5 Å². The van der Waals surface area contributed by atoms with Crippen LogP contribution in [0.4, 0.5) is 33.6 Å². The van der Waals surface area contributed by atoms with Crippen molar-refractivity contribution in [3.05, 3.63) is 100 Å². The van der Waals surface area contributed by atoms with Gasteiger partial charge in [0.1, 0.15) is 5.75 Å². The number of urea groups is 1. The number of carbonyl (C=O) groups excluding carboxylic acids is 1. The van der Waals surface area contributed by atoms with Gasteiger partial charge < -0.3 is 10.1 Å². The van der Waals surface area contributed by atoms with Crippen molar-refractivity contribution in [2.45, 2.75) is 0 Å². The van der Waals surface area contributed by atoms with E-state index in [0.29, 0.717) is 32.8 Å². The predicted octanol–water partition coefficient (Wildman–Crippen LogP) is 6.31. The maximum absolute atomic E-state index is 12.9. The Morgan fingerprint density at radius 3 is 2.56 bits per heavy atom. The van der Waals surface area contributed by atoms with Crippen molar-refractivity contribution in [1.82, 2.24) is 9.97 Å². The van der Waals surface area contributed by atoms with Crippen LogP contribution in [0.1, 0.15) is 5.56 Å². The molecule has 0 atom stereocenters. The van der Waals surface area contributed by atoms with Gasteiger partial charge in [0.2, 0.25) is 5.95 Å². The molecule has 0 fully saturated rings. The first kappa shape index (κ1) is 24.3. The number of hydrogen-bond acceptors (Lipinski definition) is 8. The van der Waals surface area contributed by atoms with Gasteiger partial charge in [0.05, 0.1) is 30.1 Å². The van der Waals surface area contributed by atoms with Crippen LogP contribution in [-0.2, 0) is 0 Å². The molecule has 178 valence electrons. The molecule has 36 heavy (non-hydrogen) atoms. The fourth-order valence-electron chi connectivity index (χ4n) is 3.34. The quantitative estimate of drug-likeness (QED) is 0.212. The van der Waals surface area contributed by atoms with E-state index in [2.05, 4.69) is 42.5 Å². The number of ether oxygens (including phenoxy) is 1. The van der Waals surface area contributed by atoms with Crippen LogP contribution in [0.3, 0.4) is 0 Å². The van der Waals surface area contributed by atoms with Crippen molar-refractivity contribution in [2.24, 2.45) is 5.18 Å². The topological polar surface area (TPSA) is 124 Å². The Morgan fingerprint density at radius 2 is 1.86 bits per heavy atom. The number of nitriles is 1. The molecule has 0 unspecified atom stereocenters. The minimum absolute atomic E-state index is 0.226. The summed E-state index contributed by atoms with van der Waals surface area (Å²) in [7, 11) is 1.53. The van der Waals surface area contributed by atoms with Gasteiger partial charge in [0.15, 0.2) is 5.82 Å². The van der Waals surface area contributed by atoms with Crippen LogP contribution >= 0.6 is 15.9 Å². The van der Waals surface area contributed by atoms with Gasteiger partial charge in [-0.2, -0.15) is 15.3 Å². The molecule has 0 radical (unpaired) electrons. The van der Waals surface area contributed by atoms with Gasteiger partial charge in [0.25, 0.3) is 0 Å². The number of carbonyl (C=O) groups is 1. The number of anilines is 5. The Balaban J connectivity index is 1.84. The SMILES string of the molecule is COc1cccc(N(c2ccnc(Nc3ccc(C#N)cc3)n2)N(C(=O)N=O)c2ccccc2Br)c1. The lowest BCUT2D eigenvalue weighted by Crippen LogP contribution is -2.43. The first-order valence-electron chi connectivity index (χ1n) is 10.5. The van der Waals surface area contributed by atoms with Crippen LogP contribution in [0.5, 0.6) is 5.75 Å². The van der Waals surface area contributed by atoms with Gasteiger partial charge in [-0.3, -0.25) is 0 Å². The van der Waals surface area contributed by atoms with E-state index in [9.17, 15) is 9.70 Å². The second-order valence-corrected chi connectivity index (χ2v) is 8.06. The Kier molecular flexibility index (Phi) is 7.48. The Morgan fingerprint density at radius 1 is 1.08 bits per heavy atom. The maximum atomic E-state index is 12.9. The van der Waals surface area contributed by atoms with Crippen LogP contribution in [0.2, 0.25) is 0 Å². The molecule has 0 spiro atoms. The highest BCUT2D eigenvalue weighted by molar-refractivity contribution is 9.10. The number of amides is 2. The molecule has 10 nitrogen and oxygen atoms in total. The molecular weight excluding hydrogens is 526 g/mol. The molecular formula is C25H18BrN7O3. The summed E-state index contributed by atoms with van der Waals surface area (Å²) in [6.45, 7) is 0. The number of rotatable bonds is 7. The third-order valence-corrected chi connectivity index (χ3v) is 5.64. The van der Waals surface area contributed by atoms with Gasteiger partial charge in [0, 0.05) is 33.7 Å². The number of nitroso groups, excluding NO2 is 1. The van der Waals surface area contributed by atoms with Crippen LogP contribution in [0.25, 0.3) is 0 Å². The van der Waals surface area contributed by atoms with Crippen LogP contribution in [0, 0.1) is 16.2 Å². The molecule has 11 heteroatoms. The van der Waals surface area contributed by atoms with Gasteiger partial charge in [-0.25, -0.2) is 14.8 Å². The summed E-state index contributed by atoms with van der Waals surface area (Å²) in [5, 5.41) is 17.3. The Labute approximate surface area is 214 Å². The van der Waals surface area contributed by atoms with Crippen LogP contribution in [0.15, 0.2) is 94.7 Å². The van der Waals surface area contributed by atoms with Crippen LogP contribution < -0.4 is 20.1 Å². The summed E-state index contributed by atoms with van der Waals surface area (Å²) in [6.07, 6.45) is 1.51. The summed E-state index contributed by atoms with van der Waals surface area (Å²) >= 11 is 3.45. The summed E-state index contributed by atoms with van der Waals surface area (Å²) in [4.78, 5) is 33.3. The van der Waals surface area contributed by atoms with E-state index in [1.165, 1.54) is 18.3 Å². The molecule has 1 heterocycles. The molecule has 2 amide bonds. The molecule has 1 aromatic heterocycles. The minimum Gasteiger partial charge on any atom is -0.497 e. The molecule has 0 aliphatic heterocycles. The van der Waals surface area contributed by atoms with Crippen molar-refractivity contribution < 1.29 is 9.53 Å². The van der Waals surface area contributed by atoms with Gasteiger partial charge >= 0.3 is 6.03 Å². The molecule has 1 N–H and O–H groups in total. The third kappa shape index (κ3) is 5.29. The lowest BCUT2D eigenvalue weighted by molar-refractivity contribution is 0.254. The maximum Gasteiger partial charge on any atom is 0.404 e. The summed E-state index contributed by atoms with van der Waals surface area (Å²) in [5.74, 6) is 1.02. The van der Waals surface area contributed by atoms with E-state index in [1.54, 1.807) is 78.9 Å². The molecule has 0 saturated carbocycles. The van der Waals surface area contributed by atoms with E-state index < -0.39 is 6.03 Å². The van der Waals surface area contributed by atoms with E-state index >= 15 is 0 Å². The number of halogens is 1. The number of hydrogen-bond donors (Lipinski definition) is 1. The molecule has 4 rings (SSSR count). The van der Waals surface area contributed by atoms with Gasteiger partial charge in [-0.15, -0.1) is 4.91 Å². The zero-order valence-electron chi connectivity index (χ0n) is 18.9. The second kappa shape index (κ2) is 11.1. The largest absolute Gasteiger partial charge is 0.497 e. The zero-order chi connectivity index (χ0) is 25.5. The third-order valence-electron chi connectivity index (χ3n) is 4.97. The molecule has 0 saturated heterocycles. The minimum atomic E-state index is -1.06. The van der Waals surface area contributed by atoms with Crippen molar-refractivity contribution in [3.63, 3.8) is 0 Å². The van der Waals surface area contributed by atoms with Gasteiger partial charge in [-0.1, -0.05) is 18.2 Å². The van der Waals surface area contributed by atoms with Crippen molar-refractivity contribution in [3.8, 4) is 11.8 Å². The van der Waals surface area contributed by atoms with Crippen molar-refractivity contribution >= 4 is 50.8 Å². The molecule has 3 aromatic carbocycles. The summed E-state index contributed by atoms with van der Waals surface area (Å²) in [6, 6.07) is 23.2. The number of aromatic nitrogens is 2. The monoisotopic (exact) mass is 543 g/mol. The second-order valence-electron chi connectivity index (χ2n) is 7.20. The highest BCUT2D eigenvalue weighted by atomic mass is 79.9. The predicted molar refractivity (Wildman–Crippen MR) is 139 cm³/mol. The zero-order valence-corrected chi connectivity index (χ0v) is 20.5. The lowest BCUT2D eigenvalue weighted by Gasteiger charge is -2.34. The number of methoxy groups -OCH3 is 1. The Bertz CT molecular complexity index is 1440. The molecule has 0 aliphatic rings. The average Bonchev–Trinajstić information content (AvgIpc) is 2.92. The van der Waals surface area contributed by atoms with Crippen LogP contribution in [-0.4, -0.2) is 23.1 Å². The summed E-state index contributed by atoms with van der Waals surface area (Å²) < 4.78 is 5.92. The number of nitrogens with zero attached hydrogens (tertiary/aromatic N) is 6. The number of nitrogens with one attached hydrogen (secondary N) is 1.